The lowest BCUT2D eigenvalue weighted by molar-refractivity contribution is 0.474. The summed E-state index contributed by atoms with van der Waals surface area (Å²) >= 11 is 7.15. The smallest absolute Gasteiger partial charge is 0.116 e. The molecule has 0 bridgehead atoms. The summed E-state index contributed by atoms with van der Waals surface area (Å²) in [6.07, 6.45) is 0. The maximum Gasteiger partial charge on any atom is 0.116 e. The molecule has 60 valence electrons. The summed E-state index contributed by atoms with van der Waals surface area (Å²) < 4.78 is 0. The van der Waals surface area contributed by atoms with Gasteiger partial charge in [-0.2, -0.15) is 0 Å². The highest BCUT2D eigenvalue weighted by Crippen LogP contribution is 2.21. The van der Waals surface area contributed by atoms with Gasteiger partial charge in [-0.05, 0) is 18.2 Å². The quantitative estimate of drug-likeness (QED) is 0.582. The first-order chi connectivity index (χ1) is 5.33. The van der Waals surface area contributed by atoms with Crippen molar-refractivity contribution >= 4 is 23.4 Å². The molecular weight excluding hydrogens is 180 g/mol. The van der Waals surface area contributed by atoms with E-state index in [1.54, 1.807) is 23.9 Å². The molecule has 0 aliphatic carbocycles. The van der Waals surface area contributed by atoms with Gasteiger partial charge >= 0.3 is 0 Å². The van der Waals surface area contributed by atoms with Crippen molar-refractivity contribution in [2.24, 2.45) is 0 Å². The van der Waals surface area contributed by atoms with Crippen LogP contribution >= 0.6 is 23.4 Å². The Hall–Kier alpha value is -0.340. The second-order valence-corrected chi connectivity index (χ2v) is 3.58. The van der Waals surface area contributed by atoms with Gasteiger partial charge in [-0.1, -0.05) is 6.07 Å². The zero-order chi connectivity index (χ0) is 8.10. The molecular formula is C8H9ClOS. The van der Waals surface area contributed by atoms with Crippen molar-refractivity contribution in [2.75, 3.05) is 11.6 Å². The maximum absolute atomic E-state index is 9.07. The molecule has 1 aromatic carbocycles. The number of alkyl halides is 1. The van der Waals surface area contributed by atoms with Crippen LogP contribution in [-0.4, -0.2) is 16.7 Å². The van der Waals surface area contributed by atoms with Crippen molar-refractivity contribution in [1.82, 2.24) is 0 Å². The minimum atomic E-state index is 0.310. The van der Waals surface area contributed by atoms with E-state index >= 15 is 0 Å². The Kier molecular flexibility index (Phi) is 3.60. The standard InChI is InChI=1S/C8H9ClOS/c9-4-5-11-8-3-1-2-7(10)6-8/h1-3,6,10H,4-5H2. The summed E-state index contributed by atoms with van der Waals surface area (Å²) in [5, 5.41) is 9.07. The molecule has 0 aliphatic rings. The Morgan fingerprint density at radius 3 is 2.91 bits per heavy atom. The van der Waals surface area contributed by atoms with Gasteiger partial charge in [0.2, 0.25) is 0 Å². The molecule has 0 saturated carbocycles. The summed E-state index contributed by atoms with van der Waals surface area (Å²) in [5.74, 6) is 1.83. The lowest BCUT2D eigenvalue weighted by Crippen LogP contribution is -1.78. The number of benzene rings is 1. The first-order valence-corrected chi connectivity index (χ1v) is 4.83. The van der Waals surface area contributed by atoms with E-state index in [9.17, 15) is 0 Å². The maximum atomic E-state index is 9.07. The van der Waals surface area contributed by atoms with Crippen LogP contribution in [0.4, 0.5) is 0 Å². The molecule has 3 heteroatoms. The molecule has 1 aromatic rings. The second-order valence-electron chi connectivity index (χ2n) is 2.03. The number of hydrogen-bond donors (Lipinski definition) is 1. The Balaban J connectivity index is 2.56. The van der Waals surface area contributed by atoms with Crippen molar-refractivity contribution in [3.63, 3.8) is 0 Å². The van der Waals surface area contributed by atoms with Crippen LogP contribution in [0.1, 0.15) is 0 Å². The van der Waals surface area contributed by atoms with Crippen molar-refractivity contribution < 1.29 is 5.11 Å². The van der Waals surface area contributed by atoms with Crippen molar-refractivity contribution in [3.05, 3.63) is 24.3 Å². The molecule has 11 heavy (non-hydrogen) atoms. The molecule has 0 aromatic heterocycles. The zero-order valence-electron chi connectivity index (χ0n) is 5.96. The fourth-order valence-corrected chi connectivity index (χ4v) is 1.65. The molecule has 0 unspecified atom stereocenters. The lowest BCUT2D eigenvalue weighted by atomic mass is 10.3. The summed E-state index contributed by atoms with van der Waals surface area (Å²) in [6, 6.07) is 7.17. The van der Waals surface area contributed by atoms with E-state index in [4.69, 9.17) is 16.7 Å². The minimum Gasteiger partial charge on any atom is -0.508 e. The Morgan fingerprint density at radius 2 is 2.27 bits per heavy atom. The molecule has 0 radical (unpaired) electrons. The van der Waals surface area contributed by atoms with Crippen molar-refractivity contribution in [2.45, 2.75) is 4.90 Å². The SMILES string of the molecule is Oc1cccc(SCCCl)c1. The molecule has 0 atom stereocenters. The number of thioether (sulfide) groups is 1. The van der Waals surface area contributed by atoms with Gasteiger partial charge in [-0.3, -0.25) is 0 Å². The van der Waals surface area contributed by atoms with Crippen LogP contribution in [0.15, 0.2) is 29.2 Å². The molecule has 0 aliphatic heterocycles. The number of phenols is 1. The van der Waals surface area contributed by atoms with E-state index < -0.39 is 0 Å². The molecule has 1 rings (SSSR count). The third kappa shape index (κ3) is 3.04. The van der Waals surface area contributed by atoms with E-state index in [0.717, 1.165) is 10.6 Å². The molecule has 1 N–H and O–H groups in total. The van der Waals surface area contributed by atoms with Crippen LogP contribution in [0, 0.1) is 0 Å². The summed E-state index contributed by atoms with van der Waals surface area (Å²) in [6.45, 7) is 0. The number of phenolic OH excluding ortho intramolecular Hbond substituents is 1. The number of hydrogen-bond acceptors (Lipinski definition) is 2. The van der Waals surface area contributed by atoms with Crippen molar-refractivity contribution in [1.29, 1.82) is 0 Å². The molecule has 0 saturated heterocycles. The van der Waals surface area contributed by atoms with E-state index in [1.165, 1.54) is 0 Å². The largest absolute Gasteiger partial charge is 0.508 e. The fourth-order valence-electron chi connectivity index (χ4n) is 0.730. The molecule has 1 nitrogen and oxygen atoms in total. The Morgan fingerprint density at radius 1 is 1.45 bits per heavy atom. The van der Waals surface area contributed by atoms with Crippen LogP contribution in [0.2, 0.25) is 0 Å². The van der Waals surface area contributed by atoms with Crippen LogP contribution in [0.5, 0.6) is 5.75 Å². The third-order valence-electron chi connectivity index (χ3n) is 1.16. The number of aromatic hydroxyl groups is 1. The predicted octanol–water partition coefficient (Wildman–Crippen LogP) is 2.72. The average molecular weight is 189 g/mol. The predicted molar refractivity (Wildman–Crippen MR) is 49.6 cm³/mol. The number of rotatable bonds is 3. The summed E-state index contributed by atoms with van der Waals surface area (Å²) in [7, 11) is 0. The van der Waals surface area contributed by atoms with Crippen LogP contribution in [-0.2, 0) is 0 Å². The number of halogens is 1. The summed E-state index contributed by atoms with van der Waals surface area (Å²) in [4.78, 5) is 1.06. The van der Waals surface area contributed by atoms with Gasteiger partial charge in [0.25, 0.3) is 0 Å². The normalized spacial score (nSPS) is 9.91. The van der Waals surface area contributed by atoms with Gasteiger partial charge in [0, 0.05) is 16.5 Å². The molecule has 0 amide bonds. The monoisotopic (exact) mass is 188 g/mol. The van der Waals surface area contributed by atoms with Crippen LogP contribution in [0.25, 0.3) is 0 Å². The average Bonchev–Trinajstić information content (AvgIpc) is 2.01. The van der Waals surface area contributed by atoms with Gasteiger partial charge in [-0.25, -0.2) is 0 Å². The van der Waals surface area contributed by atoms with Gasteiger partial charge in [0.05, 0.1) is 0 Å². The highest BCUT2D eigenvalue weighted by atomic mass is 35.5. The Labute approximate surface area is 75.4 Å². The van der Waals surface area contributed by atoms with E-state index in [1.807, 2.05) is 12.1 Å². The third-order valence-corrected chi connectivity index (χ3v) is 2.57. The Bertz CT molecular complexity index is 227. The highest BCUT2D eigenvalue weighted by molar-refractivity contribution is 7.99. The van der Waals surface area contributed by atoms with Crippen LogP contribution in [0.3, 0.4) is 0 Å². The van der Waals surface area contributed by atoms with Gasteiger partial charge < -0.3 is 5.11 Å². The van der Waals surface area contributed by atoms with E-state index in [2.05, 4.69) is 0 Å². The van der Waals surface area contributed by atoms with Gasteiger partial charge in [0.1, 0.15) is 5.75 Å². The molecule has 0 heterocycles. The van der Waals surface area contributed by atoms with Gasteiger partial charge in [0.15, 0.2) is 0 Å². The van der Waals surface area contributed by atoms with E-state index in [-0.39, 0.29) is 0 Å². The lowest BCUT2D eigenvalue weighted by Gasteiger charge is -1.98. The van der Waals surface area contributed by atoms with E-state index in [0.29, 0.717) is 11.6 Å². The molecule has 0 spiro atoms. The first-order valence-electron chi connectivity index (χ1n) is 3.31. The van der Waals surface area contributed by atoms with Crippen LogP contribution < -0.4 is 0 Å². The zero-order valence-corrected chi connectivity index (χ0v) is 7.53. The van der Waals surface area contributed by atoms with Crippen molar-refractivity contribution in [3.8, 4) is 5.75 Å². The van der Waals surface area contributed by atoms with Gasteiger partial charge in [-0.15, -0.1) is 23.4 Å². The second kappa shape index (κ2) is 4.52. The fraction of sp³-hybridized carbons (Fsp3) is 0.250. The molecule has 0 fully saturated rings. The summed E-state index contributed by atoms with van der Waals surface area (Å²) in [5.41, 5.74) is 0. The first kappa shape index (κ1) is 8.75. The highest BCUT2D eigenvalue weighted by Gasteiger charge is 1.93. The topological polar surface area (TPSA) is 20.2 Å². The minimum absolute atomic E-state index is 0.310.